The minimum atomic E-state index is -0.283. The number of anilines is 1. The van der Waals surface area contributed by atoms with Gasteiger partial charge in [-0.05, 0) is 99.8 Å². The monoisotopic (exact) mass is 700 g/mol. The van der Waals surface area contributed by atoms with Gasteiger partial charge in [0, 0.05) is 55.6 Å². The maximum Gasteiger partial charge on any atom is 0.234 e. The lowest BCUT2D eigenvalue weighted by Gasteiger charge is -2.36. The van der Waals surface area contributed by atoms with Gasteiger partial charge in [-0.1, -0.05) is 17.4 Å². The number of aromatic nitrogens is 6. The second kappa shape index (κ2) is 14.3. The van der Waals surface area contributed by atoms with Crippen LogP contribution in [0.2, 0.25) is 0 Å². The molecule has 0 radical (unpaired) electrons. The average Bonchev–Trinajstić information content (AvgIpc) is 3.83. The molecule has 1 saturated carbocycles. The minimum Gasteiger partial charge on any atom is -0.387 e. The number of nitrogens with one attached hydrogen (secondary N) is 2. The highest BCUT2D eigenvalue weighted by molar-refractivity contribution is 7.14. The number of rotatable bonds is 8. The summed E-state index contributed by atoms with van der Waals surface area (Å²) in [5.41, 5.74) is 6.88. The molecule has 5 aromatic heterocycles. The lowest BCUT2D eigenvalue weighted by molar-refractivity contribution is -0.134. The average molecular weight is 701 g/mol. The van der Waals surface area contributed by atoms with Crippen molar-refractivity contribution in [1.29, 1.82) is 5.26 Å². The normalized spacial score (nSPS) is 21.8. The van der Waals surface area contributed by atoms with E-state index in [1.165, 1.54) is 12.8 Å². The van der Waals surface area contributed by atoms with Crippen molar-refractivity contribution < 1.29 is 9.59 Å². The van der Waals surface area contributed by atoms with Crippen LogP contribution in [0.15, 0.2) is 55.0 Å². The number of pyridine rings is 2. The number of piperidine rings is 2. The Kier molecular flexibility index (Phi) is 9.27. The quantitative estimate of drug-likeness (QED) is 0.187. The standard InChI is InChI=1S/C38H40N10O2S/c1-40-32-17-33(34-10-7-28-16-24(18-39)19-43-48(28)34)42-21-30(32)38-46-45-37(51-38)26-4-2-23(3-5-26)22-47-14-12-25(13-15-47)31-9-6-27(20-41-31)29-8-11-35(49)44-36(29)50/h6-7,9-10,16-17,19-21,23,25-26,29H,2-5,8,11-15,22H2,1H3,(H,40,42)(H,44,49,50)/t23-,26-,29-/m0/s1. The van der Waals surface area contributed by atoms with Crippen molar-refractivity contribution in [3.63, 3.8) is 0 Å². The van der Waals surface area contributed by atoms with Crippen LogP contribution in [-0.4, -0.2) is 73.2 Å². The Labute approximate surface area is 300 Å². The number of carbonyl (C=O) groups excluding carboxylic acids is 2. The van der Waals surface area contributed by atoms with E-state index in [1.807, 2.05) is 49.8 Å². The summed E-state index contributed by atoms with van der Waals surface area (Å²) in [6.45, 7) is 3.32. The van der Waals surface area contributed by atoms with Crippen molar-refractivity contribution in [3.05, 3.63) is 76.8 Å². The molecule has 51 heavy (non-hydrogen) atoms. The molecule has 0 unspecified atom stereocenters. The highest BCUT2D eigenvalue weighted by atomic mass is 32.1. The van der Waals surface area contributed by atoms with Gasteiger partial charge in [0.2, 0.25) is 11.8 Å². The first-order chi connectivity index (χ1) is 24.9. The van der Waals surface area contributed by atoms with Crippen LogP contribution in [0.5, 0.6) is 0 Å². The predicted molar refractivity (Wildman–Crippen MR) is 194 cm³/mol. The summed E-state index contributed by atoms with van der Waals surface area (Å²) in [7, 11) is 1.90. The molecule has 5 aromatic rings. The summed E-state index contributed by atoms with van der Waals surface area (Å²) in [5, 5.41) is 30.7. The maximum atomic E-state index is 12.3. The van der Waals surface area contributed by atoms with Crippen LogP contribution in [0.25, 0.3) is 27.5 Å². The summed E-state index contributed by atoms with van der Waals surface area (Å²) in [6, 6.07) is 14.0. The lowest BCUT2D eigenvalue weighted by Crippen LogP contribution is -2.39. The Balaban J connectivity index is 0.834. The number of amides is 2. The molecule has 260 valence electrons. The van der Waals surface area contributed by atoms with Crippen LogP contribution in [-0.2, 0) is 9.59 Å². The first-order valence-electron chi connectivity index (χ1n) is 17.9. The smallest absolute Gasteiger partial charge is 0.234 e. The van der Waals surface area contributed by atoms with E-state index < -0.39 is 0 Å². The SMILES string of the molecule is CNc1cc(-c2ccc3cc(C#N)cnn23)ncc1-c1nnc([C@H]2CC[C@H](CN3CCC(c4ccc([C@@H]5CCC(=O)NC5=O)cn4)CC3)CC2)s1. The summed E-state index contributed by atoms with van der Waals surface area (Å²) < 4.78 is 1.80. The fraction of sp³-hybridized carbons (Fsp3) is 0.421. The highest BCUT2D eigenvalue weighted by Gasteiger charge is 2.31. The number of imide groups is 1. The summed E-state index contributed by atoms with van der Waals surface area (Å²) in [4.78, 5) is 35.9. The third kappa shape index (κ3) is 6.86. The van der Waals surface area contributed by atoms with Crippen LogP contribution in [0.3, 0.4) is 0 Å². The fourth-order valence-corrected chi connectivity index (χ4v) is 9.02. The van der Waals surface area contributed by atoms with Gasteiger partial charge in [-0.3, -0.25) is 24.9 Å². The molecular weight excluding hydrogens is 661 g/mol. The van der Waals surface area contributed by atoms with Crippen molar-refractivity contribution >= 4 is 34.4 Å². The van der Waals surface area contributed by atoms with E-state index in [2.05, 4.69) is 43.0 Å². The molecule has 13 heteroatoms. The van der Waals surface area contributed by atoms with E-state index in [0.717, 1.165) is 94.7 Å². The Morgan fingerprint density at radius 2 is 1.78 bits per heavy atom. The molecule has 3 fully saturated rings. The zero-order valence-corrected chi connectivity index (χ0v) is 29.4. The highest BCUT2D eigenvalue weighted by Crippen LogP contribution is 2.41. The number of nitrogens with zero attached hydrogens (tertiary/aromatic N) is 8. The van der Waals surface area contributed by atoms with E-state index in [0.29, 0.717) is 36.2 Å². The van der Waals surface area contributed by atoms with Crippen LogP contribution in [0.4, 0.5) is 5.69 Å². The Morgan fingerprint density at radius 1 is 0.941 bits per heavy atom. The van der Waals surface area contributed by atoms with Gasteiger partial charge >= 0.3 is 0 Å². The zero-order valence-electron chi connectivity index (χ0n) is 28.6. The Hall–Kier alpha value is -5.06. The summed E-state index contributed by atoms with van der Waals surface area (Å²) >= 11 is 1.68. The first-order valence-corrected chi connectivity index (χ1v) is 18.7. The van der Waals surface area contributed by atoms with Crippen molar-refractivity contribution in [3.8, 4) is 28.0 Å². The molecule has 1 aliphatic carbocycles. The maximum absolute atomic E-state index is 12.3. The van der Waals surface area contributed by atoms with E-state index in [4.69, 9.17) is 9.97 Å². The fourth-order valence-electron chi connectivity index (χ4n) is 7.98. The Bertz CT molecular complexity index is 2100. The number of hydrogen-bond acceptors (Lipinski definition) is 11. The van der Waals surface area contributed by atoms with Gasteiger partial charge in [0.25, 0.3) is 0 Å². The third-order valence-corrected chi connectivity index (χ3v) is 12.0. The van der Waals surface area contributed by atoms with Crippen molar-refractivity contribution in [2.45, 2.75) is 69.1 Å². The topological polar surface area (TPSA) is 154 Å². The molecule has 7 heterocycles. The lowest BCUT2D eigenvalue weighted by atomic mass is 9.81. The van der Waals surface area contributed by atoms with Gasteiger partial charge in [0.1, 0.15) is 11.1 Å². The summed E-state index contributed by atoms with van der Waals surface area (Å²) in [5.74, 6) is 0.904. The molecule has 2 N–H and O–H groups in total. The summed E-state index contributed by atoms with van der Waals surface area (Å²) in [6.07, 6.45) is 13.1. The van der Waals surface area contributed by atoms with E-state index in [-0.39, 0.29) is 17.7 Å². The van der Waals surface area contributed by atoms with Gasteiger partial charge in [-0.2, -0.15) is 10.4 Å². The number of likely N-dealkylation sites (tertiary alicyclic amines) is 1. The molecule has 2 amide bonds. The van der Waals surface area contributed by atoms with E-state index in [9.17, 15) is 14.9 Å². The molecule has 0 aromatic carbocycles. The van der Waals surface area contributed by atoms with Gasteiger partial charge in [-0.25, -0.2) is 4.52 Å². The number of nitriles is 1. The second-order valence-electron chi connectivity index (χ2n) is 14.0. The second-order valence-corrected chi connectivity index (χ2v) is 15.0. The van der Waals surface area contributed by atoms with Crippen molar-refractivity contribution in [1.82, 2.24) is 40.0 Å². The molecular formula is C38H40N10O2S. The van der Waals surface area contributed by atoms with Crippen molar-refractivity contribution in [2.75, 3.05) is 32.0 Å². The zero-order chi connectivity index (χ0) is 34.9. The third-order valence-electron chi connectivity index (χ3n) is 10.9. The molecule has 8 rings (SSSR count). The van der Waals surface area contributed by atoms with Gasteiger partial charge in [0.05, 0.1) is 40.1 Å². The van der Waals surface area contributed by atoms with Crippen LogP contribution in [0.1, 0.15) is 90.9 Å². The van der Waals surface area contributed by atoms with Crippen LogP contribution in [0, 0.1) is 17.2 Å². The van der Waals surface area contributed by atoms with E-state index >= 15 is 0 Å². The van der Waals surface area contributed by atoms with Gasteiger partial charge in [-0.15, -0.1) is 10.2 Å². The molecule has 12 nitrogen and oxygen atoms in total. The molecule has 1 atom stereocenters. The molecule has 0 spiro atoms. The molecule has 2 saturated heterocycles. The predicted octanol–water partition coefficient (Wildman–Crippen LogP) is 5.90. The molecule has 0 bridgehead atoms. The number of fused-ring (bicyclic) bond motifs is 1. The van der Waals surface area contributed by atoms with E-state index in [1.54, 1.807) is 22.0 Å². The van der Waals surface area contributed by atoms with Gasteiger partial charge < -0.3 is 10.2 Å². The number of carbonyl (C=O) groups is 2. The largest absolute Gasteiger partial charge is 0.387 e. The van der Waals surface area contributed by atoms with Crippen LogP contribution >= 0.6 is 11.3 Å². The first kappa shape index (κ1) is 33.1. The molecule has 3 aliphatic rings. The van der Waals surface area contributed by atoms with Gasteiger partial charge in [0.15, 0.2) is 5.01 Å². The van der Waals surface area contributed by atoms with Crippen molar-refractivity contribution in [2.24, 2.45) is 5.92 Å². The molecule has 2 aliphatic heterocycles. The number of hydrogen-bond donors (Lipinski definition) is 2. The minimum absolute atomic E-state index is 0.188. The Morgan fingerprint density at radius 3 is 2.53 bits per heavy atom. The van der Waals surface area contributed by atoms with Crippen LogP contribution < -0.4 is 10.6 Å².